The largest absolute Gasteiger partial charge is 0.508 e. The standard InChI is InChI=1S/C18H18ClNO/c19-15-3-1-2-14(11-15)18-6-8-20(9-7-18)12-13-10-16(21)4-5-17(13)18/h1-5,10-11,21H,6-9,12H2. The van der Waals surface area contributed by atoms with Gasteiger partial charge in [0.05, 0.1) is 0 Å². The molecule has 3 aliphatic rings. The zero-order chi connectivity index (χ0) is 14.4. The van der Waals surface area contributed by atoms with Gasteiger partial charge in [0.1, 0.15) is 5.75 Å². The molecular formula is C18H18ClNO. The summed E-state index contributed by atoms with van der Waals surface area (Å²) in [6, 6.07) is 14.1. The van der Waals surface area contributed by atoms with E-state index in [4.69, 9.17) is 11.6 Å². The van der Waals surface area contributed by atoms with Crippen molar-refractivity contribution < 1.29 is 5.11 Å². The van der Waals surface area contributed by atoms with Gasteiger partial charge in [-0.2, -0.15) is 0 Å². The van der Waals surface area contributed by atoms with Crippen LogP contribution in [0.2, 0.25) is 5.02 Å². The van der Waals surface area contributed by atoms with Gasteiger partial charge in [-0.3, -0.25) is 4.90 Å². The van der Waals surface area contributed by atoms with E-state index >= 15 is 0 Å². The molecule has 1 saturated heterocycles. The summed E-state index contributed by atoms with van der Waals surface area (Å²) in [5, 5.41) is 10.6. The van der Waals surface area contributed by atoms with Crippen LogP contribution in [0.25, 0.3) is 0 Å². The maximum absolute atomic E-state index is 9.83. The van der Waals surface area contributed by atoms with Crippen LogP contribution in [0.3, 0.4) is 0 Å². The third-order valence-corrected chi connectivity index (χ3v) is 5.32. The van der Waals surface area contributed by atoms with Gasteiger partial charge in [0.2, 0.25) is 0 Å². The smallest absolute Gasteiger partial charge is 0.115 e. The lowest BCUT2D eigenvalue weighted by molar-refractivity contribution is 0.190. The molecule has 3 heteroatoms. The number of phenols is 1. The average molecular weight is 300 g/mol. The summed E-state index contributed by atoms with van der Waals surface area (Å²) < 4.78 is 0. The highest BCUT2D eigenvalue weighted by atomic mass is 35.5. The lowest BCUT2D eigenvalue weighted by Gasteiger charge is -2.39. The van der Waals surface area contributed by atoms with E-state index in [9.17, 15) is 5.11 Å². The Balaban J connectivity index is 1.95. The second-order valence-electron chi connectivity index (χ2n) is 6.21. The molecule has 21 heavy (non-hydrogen) atoms. The fourth-order valence-electron chi connectivity index (χ4n) is 4.01. The number of hydrogen-bond donors (Lipinski definition) is 1. The minimum Gasteiger partial charge on any atom is -0.508 e. The van der Waals surface area contributed by atoms with Crippen molar-refractivity contribution in [1.82, 2.24) is 4.90 Å². The van der Waals surface area contributed by atoms with E-state index in [-0.39, 0.29) is 5.41 Å². The van der Waals surface area contributed by atoms with Crippen LogP contribution in [0.4, 0.5) is 0 Å². The molecule has 5 rings (SSSR count). The Morgan fingerprint density at radius 2 is 1.86 bits per heavy atom. The Labute approximate surface area is 130 Å². The molecule has 1 fully saturated rings. The van der Waals surface area contributed by atoms with Gasteiger partial charge in [-0.1, -0.05) is 29.8 Å². The highest BCUT2D eigenvalue weighted by Gasteiger charge is 2.42. The molecule has 3 aliphatic heterocycles. The maximum atomic E-state index is 9.83. The summed E-state index contributed by atoms with van der Waals surface area (Å²) in [6.07, 6.45) is 2.23. The van der Waals surface area contributed by atoms with Gasteiger partial charge in [-0.15, -0.1) is 0 Å². The summed E-state index contributed by atoms with van der Waals surface area (Å²) in [4.78, 5) is 2.48. The Bertz CT molecular complexity index is 689. The highest BCUT2D eigenvalue weighted by Crippen LogP contribution is 2.47. The molecule has 0 aliphatic carbocycles. The van der Waals surface area contributed by atoms with Crippen LogP contribution < -0.4 is 0 Å². The van der Waals surface area contributed by atoms with E-state index in [2.05, 4.69) is 23.1 Å². The molecule has 0 spiro atoms. The van der Waals surface area contributed by atoms with Crippen molar-refractivity contribution in [2.24, 2.45) is 0 Å². The number of halogens is 1. The van der Waals surface area contributed by atoms with Crippen molar-refractivity contribution in [3.63, 3.8) is 0 Å². The van der Waals surface area contributed by atoms with Gasteiger partial charge >= 0.3 is 0 Å². The van der Waals surface area contributed by atoms with Gasteiger partial charge in [0, 0.05) is 17.0 Å². The van der Waals surface area contributed by atoms with Crippen molar-refractivity contribution in [2.45, 2.75) is 24.8 Å². The van der Waals surface area contributed by atoms with E-state index in [0.29, 0.717) is 5.75 Å². The fraction of sp³-hybridized carbons (Fsp3) is 0.333. The van der Waals surface area contributed by atoms with Crippen LogP contribution in [-0.2, 0) is 12.0 Å². The molecule has 2 nitrogen and oxygen atoms in total. The highest BCUT2D eigenvalue weighted by molar-refractivity contribution is 6.30. The Morgan fingerprint density at radius 3 is 2.62 bits per heavy atom. The van der Waals surface area contributed by atoms with Crippen molar-refractivity contribution in [3.8, 4) is 5.75 Å². The molecule has 0 amide bonds. The third-order valence-electron chi connectivity index (χ3n) is 5.09. The van der Waals surface area contributed by atoms with Gasteiger partial charge < -0.3 is 5.11 Å². The lowest BCUT2D eigenvalue weighted by atomic mass is 9.68. The minimum atomic E-state index is 0.0426. The fourth-order valence-corrected chi connectivity index (χ4v) is 4.20. The Morgan fingerprint density at radius 1 is 1.05 bits per heavy atom. The topological polar surface area (TPSA) is 23.5 Å². The molecule has 108 valence electrons. The summed E-state index contributed by atoms with van der Waals surface area (Å²) in [6.45, 7) is 3.13. The number of rotatable bonds is 1. The van der Waals surface area contributed by atoms with Crippen LogP contribution in [0.1, 0.15) is 29.5 Å². The molecule has 2 bridgehead atoms. The average Bonchev–Trinajstić information content (AvgIpc) is 2.73. The predicted octanol–water partition coefficient (Wildman–Crippen LogP) is 3.94. The van der Waals surface area contributed by atoms with E-state index < -0.39 is 0 Å². The zero-order valence-corrected chi connectivity index (χ0v) is 12.6. The predicted molar refractivity (Wildman–Crippen MR) is 84.8 cm³/mol. The van der Waals surface area contributed by atoms with Gasteiger partial charge in [-0.05, 0) is 66.9 Å². The Hall–Kier alpha value is -1.51. The van der Waals surface area contributed by atoms with E-state index in [1.165, 1.54) is 16.7 Å². The Kier molecular flexibility index (Phi) is 2.98. The molecular weight excluding hydrogens is 282 g/mol. The van der Waals surface area contributed by atoms with Crippen LogP contribution in [0, 0.1) is 0 Å². The molecule has 0 aromatic heterocycles. The number of phenolic OH excluding ortho intramolecular Hbond substituents is 1. The monoisotopic (exact) mass is 299 g/mol. The number of fused-ring (bicyclic) bond motifs is 2. The molecule has 2 aromatic carbocycles. The summed E-state index contributed by atoms with van der Waals surface area (Å²) in [5.74, 6) is 0.359. The SMILES string of the molecule is Oc1ccc2c(c1)CN1CCC2(c2cccc(Cl)c2)CC1. The van der Waals surface area contributed by atoms with Gasteiger partial charge in [0.25, 0.3) is 0 Å². The van der Waals surface area contributed by atoms with E-state index in [1.807, 2.05) is 24.3 Å². The van der Waals surface area contributed by atoms with Crippen molar-refractivity contribution in [3.05, 3.63) is 64.2 Å². The molecule has 1 N–H and O–H groups in total. The van der Waals surface area contributed by atoms with Crippen LogP contribution in [0.5, 0.6) is 5.75 Å². The van der Waals surface area contributed by atoms with Crippen molar-refractivity contribution >= 4 is 11.6 Å². The van der Waals surface area contributed by atoms with Crippen molar-refractivity contribution in [1.29, 1.82) is 0 Å². The number of hydrogen-bond acceptors (Lipinski definition) is 2. The summed E-state index contributed by atoms with van der Waals surface area (Å²) in [5.41, 5.74) is 3.97. The molecule has 0 atom stereocenters. The van der Waals surface area contributed by atoms with Gasteiger partial charge in [-0.25, -0.2) is 0 Å². The molecule has 0 saturated carbocycles. The van der Waals surface area contributed by atoms with E-state index in [1.54, 1.807) is 0 Å². The molecule has 0 unspecified atom stereocenters. The molecule has 0 radical (unpaired) electrons. The number of piperidine rings is 1. The lowest BCUT2D eigenvalue weighted by Crippen LogP contribution is -2.39. The first-order chi connectivity index (χ1) is 10.2. The van der Waals surface area contributed by atoms with Crippen molar-refractivity contribution in [2.75, 3.05) is 13.1 Å². The third kappa shape index (κ3) is 2.05. The second kappa shape index (κ2) is 4.75. The summed E-state index contributed by atoms with van der Waals surface area (Å²) >= 11 is 6.24. The van der Waals surface area contributed by atoms with E-state index in [0.717, 1.165) is 37.5 Å². The first kappa shape index (κ1) is 13.2. The number of aromatic hydroxyl groups is 1. The summed E-state index contributed by atoms with van der Waals surface area (Å²) in [7, 11) is 0. The molecule has 3 heterocycles. The maximum Gasteiger partial charge on any atom is 0.115 e. The normalized spacial score (nSPS) is 27.2. The minimum absolute atomic E-state index is 0.0426. The van der Waals surface area contributed by atoms with Crippen LogP contribution in [0.15, 0.2) is 42.5 Å². The number of benzene rings is 2. The zero-order valence-electron chi connectivity index (χ0n) is 11.8. The number of nitrogens with zero attached hydrogens (tertiary/aromatic N) is 1. The first-order valence-corrected chi connectivity index (χ1v) is 7.86. The van der Waals surface area contributed by atoms with Crippen LogP contribution >= 0.6 is 11.6 Å². The molecule has 2 aromatic rings. The quantitative estimate of drug-likeness (QED) is 0.862. The first-order valence-electron chi connectivity index (χ1n) is 7.48. The van der Waals surface area contributed by atoms with Gasteiger partial charge in [0.15, 0.2) is 0 Å². The second-order valence-corrected chi connectivity index (χ2v) is 6.65. The van der Waals surface area contributed by atoms with Crippen LogP contribution in [-0.4, -0.2) is 23.1 Å².